The van der Waals surface area contributed by atoms with Gasteiger partial charge in [-0.2, -0.15) is 0 Å². The number of hydrogen-bond acceptors (Lipinski definition) is 10. The number of ether oxygens (including phenoxy) is 8. The van der Waals surface area contributed by atoms with Crippen molar-refractivity contribution in [1.29, 1.82) is 0 Å². The highest BCUT2D eigenvalue weighted by atomic mass is 16.7. The second-order valence-electron chi connectivity index (χ2n) is 6.57. The monoisotopic (exact) mass is 446 g/mol. The first kappa shape index (κ1) is 21.4. The highest BCUT2D eigenvalue weighted by molar-refractivity contribution is 6.08. The number of carbonyl (C=O) groups is 2. The maximum Gasteiger partial charge on any atom is 0.339 e. The fraction of sp³-hybridized carbons (Fsp3) is 0.364. The van der Waals surface area contributed by atoms with E-state index in [0.717, 1.165) is 0 Å². The Morgan fingerprint density at radius 3 is 1.44 bits per heavy atom. The quantitative estimate of drug-likeness (QED) is 0.589. The van der Waals surface area contributed by atoms with Gasteiger partial charge in [0.15, 0.2) is 23.0 Å². The predicted octanol–water partition coefficient (Wildman–Crippen LogP) is 3.18. The highest BCUT2D eigenvalue weighted by Crippen LogP contribution is 2.56. The molecule has 10 heteroatoms. The van der Waals surface area contributed by atoms with Gasteiger partial charge in [0.2, 0.25) is 25.1 Å². The molecule has 0 radical (unpaired) electrons. The van der Waals surface area contributed by atoms with Gasteiger partial charge in [0.1, 0.15) is 0 Å². The summed E-state index contributed by atoms with van der Waals surface area (Å²) in [5, 5.41) is 0. The van der Waals surface area contributed by atoms with Crippen LogP contribution >= 0.6 is 0 Å². The molecule has 0 bridgehead atoms. The number of benzene rings is 2. The second-order valence-corrected chi connectivity index (χ2v) is 6.57. The van der Waals surface area contributed by atoms with Crippen molar-refractivity contribution in [2.75, 3.05) is 41.0 Å². The average molecular weight is 446 g/mol. The standard InChI is InChI=1S/C22H22O10/c1-5-27-21(23)11-7-13(25-3)17-19(31-9-29-17)15(11)16-12(22(24)28-6-2)8-14(26-4)18-20(16)32-10-30-18/h7-8H,5-6,9-10H2,1-4H3. The SMILES string of the molecule is CCOC(=O)c1cc(OC)c2c(c1-c1c(C(=O)OCC)cc(OC)c3c1OCO3)OCO2. The molecule has 0 atom stereocenters. The first-order valence-electron chi connectivity index (χ1n) is 9.91. The molecule has 4 rings (SSSR count). The minimum atomic E-state index is -0.641. The van der Waals surface area contributed by atoms with E-state index >= 15 is 0 Å². The van der Waals surface area contributed by atoms with Crippen LogP contribution in [0.5, 0.6) is 34.5 Å². The first-order chi connectivity index (χ1) is 15.5. The molecule has 0 fully saturated rings. The molecule has 0 aliphatic carbocycles. The third-order valence-electron chi connectivity index (χ3n) is 4.90. The predicted molar refractivity (Wildman–Crippen MR) is 109 cm³/mol. The van der Waals surface area contributed by atoms with Gasteiger partial charge in [0.25, 0.3) is 0 Å². The average Bonchev–Trinajstić information content (AvgIpc) is 3.47. The van der Waals surface area contributed by atoms with E-state index in [-0.39, 0.29) is 83.6 Å². The maximum absolute atomic E-state index is 12.9. The van der Waals surface area contributed by atoms with Crippen LogP contribution in [0.3, 0.4) is 0 Å². The lowest BCUT2D eigenvalue weighted by molar-refractivity contribution is 0.0514. The number of hydrogen-bond donors (Lipinski definition) is 0. The van der Waals surface area contributed by atoms with Crippen molar-refractivity contribution in [1.82, 2.24) is 0 Å². The summed E-state index contributed by atoms with van der Waals surface area (Å²) in [6.07, 6.45) is 0. The molecular weight excluding hydrogens is 424 g/mol. The van der Waals surface area contributed by atoms with Crippen LogP contribution in [-0.4, -0.2) is 53.0 Å². The van der Waals surface area contributed by atoms with Crippen LogP contribution in [0.1, 0.15) is 34.6 Å². The molecule has 0 aromatic heterocycles. The van der Waals surface area contributed by atoms with Gasteiger partial charge in [-0.15, -0.1) is 0 Å². The molecule has 0 unspecified atom stereocenters. The van der Waals surface area contributed by atoms with Gasteiger partial charge in [0, 0.05) is 11.1 Å². The van der Waals surface area contributed by atoms with Crippen molar-refractivity contribution >= 4 is 11.9 Å². The molecular formula is C22H22O10. The molecule has 0 saturated heterocycles. The van der Waals surface area contributed by atoms with Gasteiger partial charge in [-0.25, -0.2) is 9.59 Å². The number of fused-ring (bicyclic) bond motifs is 2. The fourth-order valence-electron chi connectivity index (χ4n) is 3.62. The lowest BCUT2D eigenvalue weighted by atomic mass is 9.92. The minimum absolute atomic E-state index is 0.0985. The van der Waals surface area contributed by atoms with Crippen LogP contribution in [0.15, 0.2) is 12.1 Å². The van der Waals surface area contributed by atoms with E-state index in [1.54, 1.807) is 13.8 Å². The number of rotatable bonds is 7. The van der Waals surface area contributed by atoms with Crippen LogP contribution in [-0.2, 0) is 9.47 Å². The van der Waals surface area contributed by atoms with Crippen molar-refractivity contribution in [2.24, 2.45) is 0 Å². The van der Waals surface area contributed by atoms with Crippen LogP contribution in [0.25, 0.3) is 11.1 Å². The van der Waals surface area contributed by atoms with E-state index in [2.05, 4.69) is 0 Å². The summed E-state index contributed by atoms with van der Waals surface area (Å²) in [5.74, 6) is 0.271. The number of carbonyl (C=O) groups excluding carboxylic acids is 2. The third-order valence-corrected chi connectivity index (χ3v) is 4.90. The summed E-state index contributed by atoms with van der Waals surface area (Å²) in [4.78, 5) is 25.9. The Hall–Kier alpha value is -3.82. The third kappa shape index (κ3) is 3.37. The smallest absolute Gasteiger partial charge is 0.339 e. The van der Waals surface area contributed by atoms with Crippen molar-refractivity contribution < 1.29 is 47.5 Å². The molecule has 170 valence electrons. The molecule has 2 aromatic carbocycles. The lowest BCUT2D eigenvalue weighted by Crippen LogP contribution is -2.12. The van der Waals surface area contributed by atoms with E-state index in [9.17, 15) is 9.59 Å². The zero-order valence-corrected chi connectivity index (χ0v) is 18.1. The van der Waals surface area contributed by atoms with E-state index in [1.807, 2.05) is 0 Å². The Kier molecular flexibility index (Phi) is 5.85. The highest BCUT2D eigenvalue weighted by Gasteiger charge is 2.37. The normalized spacial score (nSPS) is 13.0. The zero-order chi connectivity index (χ0) is 22.8. The van der Waals surface area contributed by atoms with E-state index in [0.29, 0.717) is 0 Å². The van der Waals surface area contributed by atoms with E-state index in [1.165, 1.54) is 26.4 Å². The van der Waals surface area contributed by atoms with Crippen LogP contribution < -0.4 is 28.4 Å². The van der Waals surface area contributed by atoms with Gasteiger partial charge in [-0.05, 0) is 26.0 Å². The molecule has 2 heterocycles. The Balaban J connectivity index is 2.10. The number of esters is 2. The Labute approximate surface area is 183 Å². The van der Waals surface area contributed by atoms with Crippen LogP contribution in [0.2, 0.25) is 0 Å². The minimum Gasteiger partial charge on any atom is -0.493 e. The molecule has 2 aromatic rings. The summed E-state index contributed by atoms with van der Waals surface area (Å²) in [6, 6.07) is 2.95. The van der Waals surface area contributed by atoms with Crippen molar-refractivity contribution in [2.45, 2.75) is 13.8 Å². The van der Waals surface area contributed by atoms with E-state index in [4.69, 9.17) is 37.9 Å². The van der Waals surface area contributed by atoms with Gasteiger partial charge in [0.05, 0.1) is 38.6 Å². The molecule has 0 saturated carbocycles. The summed E-state index contributed by atoms with van der Waals surface area (Å²) >= 11 is 0. The second kappa shape index (κ2) is 8.74. The van der Waals surface area contributed by atoms with Gasteiger partial charge in [-0.3, -0.25) is 0 Å². The molecule has 0 spiro atoms. The summed E-state index contributed by atoms with van der Waals surface area (Å²) in [5.41, 5.74) is 0.677. The molecule has 32 heavy (non-hydrogen) atoms. The van der Waals surface area contributed by atoms with Crippen LogP contribution in [0.4, 0.5) is 0 Å². The zero-order valence-electron chi connectivity index (χ0n) is 18.1. The summed E-state index contributed by atoms with van der Waals surface area (Å²) in [6.45, 7) is 3.45. The largest absolute Gasteiger partial charge is 0.493 e. The van der Waals surface area contributed by atoms with Crippen molar-refractivity contribution in [3.05, 3.63) is 23.3 Å². The fourth-order valence-corrected chi connectivity index (χ4v) is 3.62. The van der Waals surface area contributed by atoms with E-state index < -0.39 is 11.9 Å². The summed E-state index contributed by atoms with van der Waals surface area (Å²) < 4.78 is 43.9. The van der Waals surface area contributed by atoms with Gasteiger partial charge >= 0.3 is 11.9 Å². The molecule has 0 amide bonds. The Bertz CT molecular complexity index is 990. The molecule has 2 aliphatic rings. The Morgan fingerprint density at radius 2 is 1.09 bits per heavy atom. The topological polar surface area (TPSA) is 108 Å². The van der Waals surface area contributed by atoms with Gasteiger partial charge in [-0.1, -0.05) is 0 Å². The lowest BCUT2D eigenvalue weighted by Gasteiger charge is -2.19. The molecule has 10 nitrogen and oxygen atoms in total. The van der Waals surface area contributed by atoms with Crippen LogP contribution in [0, 0.1) is 0 Å². The number of methoxy groups -OCH3 is 2. The summed E-state index contributed by atoms with van der Waals surface area (Å²) in [7, 11) is 2.88. The van der Waals surface area contributed by atoms with Crippen molar-refractivity contribution in [3.63, 3.8) is 0 Å². The molecule has 2 aliphatic heterocycles. The Morgan fingerprint density at radius 1 is 0.719 bits per heavy atom. The van der Waals surface area contributed by atoms with Crippen molar-refractivity contribution in [3.8, 4) is 45.6 Å². The van der Waals surface area contributed by atoms with Gasteiger partial charge < -0.3 is 37.9 Å². The molecule has 0 N–H and O–H groups in total. The maximum atomic E-state index is 12.9. The first-order valence-corrected chi connectivity index (χ1v) is 9.91.